The lowest BCUT2D eigenvalue weighted by atomic mass is 10.2. The fraction of sp³-hybridized carbons (Fsp3) is 0.345. The minimum absolute atomic E-state index is 0.224. The van der Waals surface area contributed by atoms with Crippen molar-refractivity contribution in [2.75, 3.05) is 57.3 Å². The van der Waals surface area contributed by atoms with E-state index in [1.807, 2.05) is 12.1 Å². The molecular formula is C29H33N5O4S. The quantitative estimate of drug-likeness (QED) is 0.294. The van der Waals surface area contributed by atoms with Crippen LogP contribution in [-0.2, 0) is 4.79 Å². The fourth-order valence-corrected chi connectivity index (χ4v) is 5.79. The fourth-order valence-electron chi connectivity index (χ4n) is 4.98. The van der Waals surface area contributed by atoms with Gasteiger partial charge in [0.1, 0.15) is 5.75 Å². The largest absolute Gasteiger partial charge is 0.494 e. The standard InChI is InChI=1S/C29H33N5O4S/c30-19-27(35)31-20-29(37)34-25-18-22(8-6-21(25)7-9-28(34)36)38-16-2-1-11-32-12-14-33(15-13-32)24-4-3-5-26-23(24)10-17-39-26/h3-10,17-18H,1-2,11-16,19-20,30H2,(H,31,35). The van der Waals surface area contributed by atoms with Crippen molar-refractivity contribution in [1.29, 1.82) is 0 Å². The number of carbonyl (C=O) groups is 2. The van der Waals surface area contributed by atoms with Gasteiger partial charge in [-0.15, -0.1) is 11.3 Å². The molecule has 5 rings (SSSR count). The normalized spacial score (nSPS) is 14.1. The molecule has 1 aliphatic heterocycles. The molecule has 1 fully saturated rings. The Balaban J connectivity index is 1.10. The van der Waals surface area contributed by atoms with Crippen LogP contribution in [0.5, 0.6) is 5.75 Å². The first kappa shape index (κ1) is 26.9. The van der Waals surface area contributed by atoms with E-state index < -0.39 is 17.4 Å². The zero-order valence-electron chi connectivity index (χ0n) is 21.8. The number of pyridine rings is 1. The van der Waals surface area contributed by atoms with Gasteiger partial charge in [0.2, 0.25) is 5.91 Å². The first-order valence-electron chi connectivity index (χ1n) is 13.3. The second-order valence-corrected chi connectivity index (χ2v) is 10.5. The number of ether oxygens (including phenoxy) is 1. The Labute approximate surface area is 230 Å². The molecule has 0 saturated carbocycles. The number of fused-ring (bicyclic) bond motifs is 2. The van der Waals surface area contributed by atoms with Gasteiger partial charge in [-0.05, 0) is 66.6 Å². The molecule has 1 aliphatic rings. The summed E-state index contributed by atoms with van der Waals surface area (Å²) in [6.07, 6.45) is 1.93. The van der Waals surface area contributed by atoms with Crippen LogP contribution in [0.2, 0.25) is 0 Å². The Morgan fingerprint density at radius 1 is 1.00 bits per heavy atom. The van der Waals surface area contributed by atoms with Gasteiger partial charge >= 0.3 is 0 Å². The molecule has 0 spiro atoms. The van der Waals surface area contributed by atoms with E-state index in [0.717, 1.165) is 55.5 Å². The summed E-state index contributed by atoms with van der Waals surface area (Å²) in [7, 11) is 0. The smallest absolute Gasteiger partial charge is 0.257 e. The Morgan fingerprint density at radius 2 is 1.82 bits per heavy atom. The summed E-state index contributed by atoms with van der Waals surface area (Å²) in [4.78, 5) is 41.5. The lowest BCUT2D eigenvalue weighted by Crippen LogP contribution is -2.46. The van der Waals surface area contributed by atoms with Crippen molar-refractivity contribution in [3.05, 3.63) is 70.3 Å². The number of anilines is 1. The Hall–Kier alpha value is -3.73. The molecule has 1 saturated heterocycles. The van der Waals surface area contributed by atoms with Crippen LogP contribution >= 0.6 is 11.3 Å². The number of carbonyl (C=O) groups excluding carboxylic acids is 2. The van der Waals surface area contributed by atoms with Crippen molar-refractivity contribution < 1.29 is 14.3 Å². The maximum absolute atomic E-state index is 12.7. The number of aromatic nitrogens is 1. The van der Waals surface area contributed by atoms with Gasteiger partial charge < -0.3 is 20.7 Å². The van der Waals surface area contributed by atoms with E-state index in [1.165, 1.54) is 21.8 Å². The van der Waals surface area contributed by atoms with Crippen molar-refractivity contribution in [3.63, 3.8) is 0 Å². The number of piperazine rings is 1. The number of amides is 1. The topological polar surface area (TPSA) is 110 Å². The number of hydrogen-bond acceptors (Lipinski definition) is 8. The maximum atomic E-state index is 12.7. The summed E-state index contributed by atoms with van der Waals surface area (Å²) in [6.45, 7) is 5.18. The van der Waals surface area contributed by atoms with E-state index in [9.17, 15) is 14.4 Å². The van der Waals surface area contributed by atoms with Crippen molar-refractivity contribution in [3.8, 4) is 5.75 Å². The predicted molar refractivity (Wildman–Crippen MR) is 156 cm³/mol. The number of rotatable bonds is 10. The molecule has 204 valence electrons. The highest BCUT2D eigenvalue weighted by molar-refractivity contribution is 7.17. The van der Waals surface area contributed by atoms with Gasteiger partial charge in [-0.2, -0.15) is 0 Å². The average Bonchev–Trinajstić information content (AvgIpc) is 3.45. The highest BCUT2D eigenvalue weighted by Crippen LogP contribution is 2.31. The first-order chi connectivity index (χ1) is 19.0. The van der Waals surface area contributed by atoms with E-state index in [1.54, 1.807) is 23.5 Å². The van der Waals surface area contributed by atoms with Crippen LogP contribution in [0, 0.1) is 0 Å². The molecule has 0 atom stereocenters. The summed E-state index contributed by atoms with van der Waals surface area (Å²) in [5.74, 6) is -0.396. The van der Waals surface area contributed by atoms with Crippen molar-refractivity contribution in [1.82, 2.24) is 14.8 Å². The summed E-state index contributed by atoms with van der Waals surface area (Å²) in [6, 6.07) is 17.2. The lowest BCUT2D eigenvalue weighted by molar-refractivity contribution is -0.119. The number of nitrogens with one attached hydrogen (secondary N) is 1. The summed E-state index contributed by atoms with van der Waals surface area (Å²) < 4.78 is 8.37. The molecule has 39 heavy (non-hydrogen) atoms. The molecule has 1 amide bonds. The third-order valence-electron chi connectivity index (χ3n) is 7.06. The van der Waals surface area contributed by atoms with E-state index in [-0.39, 0.29) is 13.1 Å². The second-order valence-electron chi connectivity index (χ2n) is 9.60. The van der Waals surface area contributed by atoms with E-state index in [4.69, 9.17) is 10.5 Å². The number of unbranched alkanes of at least 4 members (excludes halogenated alkanes) is 1. The highest BCUT2D eigenvalue weighted by Gasteiger charge is 2.18. The van der Waals surface area contributed by atoms with Crippen molar-refractivity contribution in [2.24, 2.45) is 5.73 Å². The average molecular weight is 548 g/mol. The Morgan fingerprint density at radius 3 is 2.64 bits per heavy atom. The molecule has 4 aromatic rings. The molecule has 2 aromatic carbocycles. The molecule has 2 aromatic heterocycles. The van der Waals surface area contributed by atoms with Crippen LogP contribution in [0.25, 0.3) is 21.0 Å². The molecule has 3 heterocycles. The van der Waals surface area contributed by atoms with Gasteiger partial charge in [0.15, 0.2) is 0 Å². The molecule has 0 radical (unpaired) electrons. The zero-order chi connectivity index (χ0) is 27.2. The third-order valence-corrected chi connectivity index (χ3v) is 7.95. The first-order valence-corrected chi connectivity index (χ1v) is 14.1. The molecule has 10 heteroatoms. The number of hydrogen-bond donors (Lipinski definition) is 2. The second kappa shape index (κ2) is 12.4. The number of nitrogens with two attached hydrogens (primary N) is 1. The predicted octanol–water partition coefficient (Wildman–Crippen LogP) is 2.91. The van der Waals surface area contributed by atoms with E-state index in [0.29, 0.717) is 17.9 Å². The zero-order valence-corrected chi connectivity index (χ0v) is 22.6. The van der Waals surface area contributed by atoms with E-state index >= 15 is 0 Å². The third kappa shape index (κ3) is 6.30. The minimum Gasteiger partial charge on any atom is -0.494 e. The van der Waals surface area contributed by atoms with Gasteiger partial charge in [-0.3, -0.25) is 19.3 Å². The van der Waals surface area contributed by atoms with Crippen LogP contribution < -0.4 is 26.2 Å². The summed E-state index contributed by atoms with van der Waals surface area (Å²) in [5.41, 5.74) is 6.60. The van der Waals surface area contributed by atoms with Gasteiger partial charge in [0.05, 0.1) is 25.2 Å². The monoisotopic (exact) mass is 547 g/mol. The van der Waals surface area contributed by atoms with Gasteiger partial charge in [0, 0.05) is 54.1 Å². The van der Waals surface area contributed by atoms with Gasteiger partial charge in [-0.25, -0.2) is 4.57 Å². The van der Waals surface area contributed by atoms with Crippen molar-refractivity contribution >= 4 is 49.8 Å². The molecule has 3 N–H and O–H groups in total. The summed E-state index contributed by atoms with van der Waals surface area (Å²) in [5, 5.41) is 6.66. The Bertz CT molecular complexity index is 1520. The van der Waals surface area contributed by atoms with Crippen LogP contribution in [-0.4, -0.2) is 73.7 Å². The van der Waals surface area contributed by atoms with Gasteiger partial charge in [-0.1, -0.05) is 6.07 Å². The maximum Gasteiger partial charge on any atom is 0.257 e. The Kier molecular flexibility index (Phi) is 8.55. The van der Waals surface area contributed by atoms with Crippen LogP contribution in [0.4, 0.5) is 5.69 Å². The number of nitrogens with zero attached hydrogens (tertiary/aromatic N) is 3. The van der Waals surface area contributed by atoms with Crippen molar-refractivity contribution in [2.45, 2.75) is 12.8 Å². The van der Waals surface area contributed by atoms with Gasteiger partial charge in [0.25, 0.3) is 11.5 Å². The molecular weight excluding hydrogens is 514 g/mol. The molecule has 0 bridgehead atoms. The minimum atomic E-state index is -0.531. The number of thiophene rings is 1. The molecule has 9 nitrogen and oxygen atoms in total. The summed E-state index contributed by atoms with van der Waals surface area (Å²) >= 11 is 1.79. The lowest BCUT2D eigenvalue weighted by Gasteiger charge is -2.36. The van der Waals surface area contributed by atoms with Crippen LogP contribution in [0.1, 0.15) is 17.6 Å². The van der Waals surface area contributed by atoms with Crippen LogP contribution in [0.15, 0.2) is 64.8 Å². The molecule has 0 aliphatic carbocycles. The SMILES string of the molecule is NCC(=O)NCC(=O)n1c(=O)ccc2ccc(OCCCCN3CCN(c4cccc5sccc45)CC3)cc21. The highest BCUT2D eigenvalue weighted by atomic mass is 32.1. The number of benzene rings is 2. The molecule has 0 unspecified atom stereocenters. The van der Waals surface area contributed by atoms with Crippen LogP contribution in [0.3, 0.4) is 0 Å². The van der Waals surface area contributed by atoms with E-state index in [2.05, 4.69) is 44.8 Å².